The highest BCUT2D eigenvalue weighted by Gasteiger charge is 2.25. The van der Waals surface area contributed by atoms with E-state index in [1.54, 1.807) is 35.2 Å². The molecule has 8 heteroatoms. The summed E-state index contributed by atoms with van der Waals surface area (Å²) in [6, 6.07) is 10.0. The predicted octanol–water partition coefficient (Wildman–Crippen LogP) is 2.83. The van der Waals surface area contributed by atoms with Gasteiger partial charge in [-0.05, 0) is 49.6 Å². The van der Waals surface area contributed by atoms with Crippen LogP contribution in [0, 0.1) is 0 Å². The topological polar surface area (TPSA) is 86.0 Å². The molecule has 0 aliphatic carbocycles. The van der Waals surface area contributed by atoms with Crippen LogP contribution >= 0.6 is 0 Å². The van der Waals surface area contributed by atoms with Gasteiger partial charge in [-0.1, -0.05) is 12.1 Å². The van der Waals surface area contributed by atoms with E-state index in [4.69, 9.17) is 13.3 Å². The Hall–Kier alpha value is -2.32. The molecular weight excluding hydrogens is 370 g/mol. The lowest BCUT2D eigenvalue weighted by Crippen LogP contribution is -2.36. The number of ether oxygens (including phenoxy) is 1. The van der Waals surface area contributed by atoms with Gasteiger partial charge in [0.1, 0.15) is 5.75 Å². The molecule has 1 aliphatic heterocycles. The van der Waals surface area contributed by atoms with Gasteiger partial charge in [-0.3, -0.25) is 4.79 Å². The highest BCUT2D eigenvalue weighted by Crippen LogP contribution is 2.20. The number of furan rings is 1. The fraction of sp³-hybridized carbons (Fsp3) is 0.421. The molecule has 0 bridgehead atoms. The molecule has 1 saturated heterocycles. The van der Waals surface area contributed by atoms with Crippen LogP contribution < -0.4 is 4.18 Å². The van der Waals surface area contributed by atoms with Crippen LogP contribution in [0.15, 0.2) is 47.1 Å². The highest BCUT2D eigenvalue weighted by atomic mass is 32.2. The summed E-state index contributed by atoms with van der Waals surface area (Å²) in [6.07, 6.45) is 3.33. The molecular formula is C19H23NO6S. The van der Waals surface area contributed by atoms with Crippen molar-refractivity contribution < 1.29 is 26.5 Å². The number of rotatable bonds is 8. The molecule has 0 radical (unpaired) electrons. The Balaban J connectivity index is 1.77. The van der Waals surface area contributed by atoms with Crippen molar-refractivity contribution in [3.05, 3.63) is 54.0 Å². The second-order valence-electron chi connectivity index (χ2n) is 6.38. The van der Waals surface area contributed by atoms with Gasteiger partial charge in [-0.25, -0.2) is 0 Å². The van der Waals surface area contributed by atoms with Crippen molar-refractivity contribution in [3.63, 3.8) is 0 Å². The Morgan fingerprint density at radius 1 is 1.30 bits per heavy atom. The van der Waals surface area contributed by atoms with Gasteiger partial charge < -0.3 is 18.2 Å². The molecule has 1 aliphatic rings. The molecule has 27 heavy (non-hydrogen) atoms. The van der Waals surface area contributed by atoms with Crippen molar-refractivity contribution in [2.24, 2.45) is 0 Å². The Bertz CT molecular complexity index is 856. The number of hydrogen-bond donors (Lipinski definition) is 0. The molecule has 1 aromatic carbocycles. The summed E-state index contributed by atoms with van der Waals surface area (Å²) in [4.78, 5) is 14.5. The van der Waals surface area contributed by atoms with Gasteiger partial charge in [0, 0.05) is 19.7 Å². The average molecular weight is 393 g/mol. The van der Waals surface area contributed by atoms with E-state index in [1.165, 1.54) is 13.2 Å². The first kappa shape index (κ1) is 19.4. The lowest BCUT2D eigenvalue weighted by molar-refractivity contribution is 0.0484. The summed E-state index contributed by atoms with van der Waals surface area (Å²) >= 11 is 0. The van der Waals surface area contributed by atoms with Gasteiger partial charge in [0.2, 0.25) is 0 Å². The molecule has 1 fully saturated rings. The van der Waals surface area contributed by atoms with Crippen LogP contribution in [-0.4, -0.2) is 44.2 Å². The fourth-order valence-corrected chi connectivity index (χ4v) is 3.45. The van der Waals surface area contributed by atoms with Crippen molar-refractivity contribution in [2.45, 2.75) is 32.4 Å². The van der Waals surface area contributed by atoms with Crippen molar-refractivity contribution >= 4 is 16.0 Å². The third kappa shape index (κ3) is 5.33. The summed E-state index contributed by atoms with van der Waals surface area (Å²) in [5.74, 6) is 0.146. The standard InChI is InChI=1S/C19H23NO6S/c1-2-27(22,23)26-16-7-3-6-15(12-16)13-20(14-17-8-4-10-24-17)19(21)18-9-5-11-25-18/h3,5-7,9,11-12,17H,2,4,8,10,13-14H2,1H3/t17-/m1/s1. The van der Waals surface area contributed by atoms with Crippen LogP contribution in [-0.2, 0) is 21.4 Å². The monoisotopic (exact) mass is 393 g/mol. The maximum atomic E-state index is 12.8. The van der Waals surface area contributed by atoms with Crippen LogP contribution in [0.4, 0.5) is 0 Å². The first-order valence-electron chi connectivity index (χ1n) is 8.92. The largest absolute Gasteiger partial charge is 0.459 e. The quantitative estimate of drug-likeness (QED) is 0.641. The van der Waals surface area contributed by atoms with E-state index in [0.29, 0.717) is 19.7 Å². The molecule has 7 nitrogen and oxygen atoms in total. The smallest absolute Gasteiger partial charge is 0.308 e. The zero-order chi connectivity index (χ0) is 19.3. The maximum Gasteiger partial charge on any atom is 0.308 e. The Labute approximate surface area is 159 Å². The van der Waals surface area contributed by atoms with Crippen molar-refractivity contribution in [3.8, 4) is 5.75 Å². The van der Waals surface area contributed by atoms with Crippen molar-refractivity contribution in [1.29, 1.82) is 0 Å². The first-order chi connectivity index (χ1) is 13.0. The van der Waals surface area contributed by atoms with E-state index < -0.39 is 10.1 Å². The summed E-state index contributed by atoms with van der Waals surface area (Å²) in [5.41, 5.74) is 0.761. The average Bonchev–Trinajstić information content (AvgIpc) is 3.34. The van der Waals surface area contributed by atoms with Crippen LogP contribution in [0.1, 0.15) is 35.9 Å². The minimum Gasteiger partial charge on any atom is -0.459 e. The molecule has 1 atom stereocenters. The summed E-state index contributed by atoms with van der Waals surface area (Å²) < 4.78 is 39.3. The van der Waals surface area contributed by atoms with E-state index in [-0.39, 0.29) is 29.3 Å². The molecule has 1 amide bonds. The fourth-order valence-electron chi connectivity index (χ4n) is 2.93. The normalized spacial score (nSPS) is 17.0. The lowest BCUT2D eigenvalue weighted by Gasteiger charge is -2.25. The molecule has 0 spiro atoms. The van der Waals surface area contributed by atoms with E-state index in [9.17, 15) is 13.2 Å². The second kappa shape index (κ2) is 8.58. The van der Waals surface area contributed by atoms with Crippen LogP contribution in [0.2, 0.25) is 0 Å². The Kier molecular flexibility index (Phi) is 6.18. The summed E-state index contributed by atoms with van der Waals surface area (Å²) in [7, 11) is -3.60. The van der Waals surface area contributed by atoms with Crippen molar-refractivity contribution in [1.82, 2.24) is 4.90 Å². The number of amides is 1. The molecule has 0 saturated carbocycles. The van der Waals surface area contributed by atoms with E-state index >= 15 is 0 Å². The third-order valence-electron chi connectivity index (χ3n) is 4.32. The summed E-state index contributed by atoms with van der Waals surface area (Å²) in [6.45, 7) is 2.96. The SMILES string of the molecule is CCS(=O)(=O)Oc1cccc(CN(C[C@H]2CCCO2)C(=O)c2ccco2)c1. The van der Waals surface area contributed by atoms with Crippen LogP contribution in [0.3, 0.4) is 0 Å². The third-order valence-corrected chi connectivity index (χ3v) is 5.47. The Morgan fingerprint density at radius 3 is 2.81 bits per heavy atom. The van der Waals surface area contributed by atoms with Crippen molar-refractivity contribution in [2.75, 3.05) is 18.9 Å². The number of carbonyl (C=O) groups excluding carboxylic acids is 1. The zero-order valence-corrected chi connectivity index (χ0v) is 16.0. The molecule has 0 N–H and O–H groups in total. The first-order valence-corrected chi connectivity index (χ1v) is 10.5. The van der Waals surface area contributed by atoms with Gasteiger partial charge in [0.15, 0.2) is 5.76 Å². The molecule has 3 rings (SSSR count). The van der Waals surface area contributed by atoms with Crippen LogP contribution in [0.5, 0.6) is 5.75 Å². The summed E-state index contributed by atoms with van der Waals surface area (Å²) in [5, 5.41) is 0. The zero-order valence-electron chi connectivity index (χ0n) is 15.2. The highest BCUT2D eigenvalue weighted by molar-refractivity contribution is 7.87. The molecule has 2 aromatic rings. The molecule has 2 heterocycles. The van der Waals surface area contributed by atoms with Crippen LogP contribution in [0.25, 0.3) is 0 Å². The van der Waals surface area contributed by atoms with Gasteiger partial charge in [-0.15, -0.1) is 0 Å². The van der Waals surface area contributed by atoms with Gasteiger partial charge in [-0.2, -0.15) is 8.42 Å². The number of carbonyl (C=O) groups is 1. The minimum atomic E-state index is -3.60. The van der Waals surface area contributed by atoms with E-state index in [2.05, 4.69) is 0 Å². The molecule has 146 valence electrons. The minimum absolute atomic E-state index is 0.0104. The number of hydrogen-bond acceptors (Lipinski definition) is 6. The molecule has 0 unspecified atom stereocenters. The lowest BCUT2D eigenvalue weighted by atomic mass is 10.1. The molecule has 1 aromatic heterocycles. The van der Waals surface area contributed by atoms with Gasteiger partial charge in [0.05, 0.1) is 18.1 Å². The Morgan fingerprint density at radius 2 is 2.15 bits per heavy atom. The number of nitrogens with zero attached hydrogens (tertiary/aromatic N) is 1. The van der Waals surface area contributed by atoms with Gasteiger partial charge in [0.25, 0.3) is 5.91 Å². The van der Waals surface area contributed by atoms with E-state index in [0.717, 1.165) is 18.4 Å². The number of benzene rings is 1. The second-order valence-corrected chi connectivity index (χ2v) is 8.23. The van der Waals surface area contributed by atoms with Gasteiger partial charge >= 0.3 is 10.1 Å². The predicted molar refractivity (Wildman–Crippen MR) is 99.0 cm³/mol. The maximum absolute atomic E-state index is 12.8. The van der Waals surface area contributed by atoms with E-state index in [1.807, 2.05) is 6.07 Å².